The molecule has 0 aliphatic rings. The fourth-order valence-electron chi connectivity index (χ4n) is 2.51. The summed E-state index contributed by atoms with van der Waals surface area (Å²) in [6.07, 6.45) is 2.99. The molecule has 118 valence electrons. The minimum Gasteiger partial charge on any atom is -0.497 e. The second-order valence-corrected chi connectivity index (χ2v) is 5.97. The normalized spacial score (nSPS) is 10.9. The maximum Gasteiger partial charge on any atom is 0.252 e. The molecule has 7 heteroatoms. The van der Waals surface area contributed by atoms with Crippen molar-refractivity contribution in [2.45, 2.75) is 0 Å². The van der Waals surface area contributed by atoms with Gasteiger partial charge in [-0.2, -0.15) is 14.6 Å². The molecule has 4 aromatic rings. The molecule has 1 aromatic carbocycles. The van der Waals surface area contributed by atoms with E-state index < -0.39 is 0 Å². The molecule has 0 unspecified atom stereocenters. The van der Waals surface area contributed by atoms with Crippen LogP contribution in [-0.2, 0) is 0 Å². The first kappa shape index (κ1) is 14.5. The van der Waals surface area contributed by atoms with Crippen LogP contribution >= 0.6 is 11.3 Å². The summed E-state index contributed by atoms with van der Waals surface area (Å²) in [5.41, 5.74) is 1.99. The SMILES string of the molecule is COc1ccc(-c2c(C(=O)c3cccs3)cnc3ncnn23)cc1. The fourth-order valence-corrected chi connectivity index (χ4v) is 3.19. The van der Waals surface area contributed by atoms with Crippen LogP contribution in [0.25, 0.3) is 17.0 Å². The number of nitrogens with zero attached hydrogens (tertiary/aromatic N) is 4. The van der Waals surface area contributed by atoms with Gasteiger partial charge in [-0.1, -0.05) is 6.07 Å². The molecule has 0 bridgehead atoms. The largest absolute Gasteiger partial charge is 0.497 e. The summed E-state index contributed by atoms with van der Waals surface area (Å²) < 4.78 is 6.79. The Kier molecular flexibility index (Phi) is 3.55. The first-order valence-corrected chi connectivity index (χ1v) is 8.07. The van der Waals surface area contributed by atoms with Crippen molar-refractivity contribution in [2.75, 3.05) is 7.11 Å². The van der Waals surface area contributed by atoms with E-state index in [2.05, 4.69) is 15.1 Å². The number of ether oxygens (including phenoxy) is 1. The van der Waals surface area contributed by atoms with E-state index in [9.17, 15) is 4.79 Å². The van der Waals surface area contributed by atoms with Gasteiger partial charge in [-0.25, -0.2) is 4.98 Å². The highest BCUT2D eigenvalue weighted by atomic mass is 32.1. The first-order valence-electron chi connectivity index (χ1n) is 7.19. The van der Waals surface area contributed by atoms with Crippen LogP contribution in [0.4, 0.5) is 0 Å². The third-order valence-corrected chi connectivity index (χ3v) is 4.53. The standard InChI is InChI=1S/C17H12N4O2S/c1-23-12-6-4-11(5-7-12)15-13(16(22)14-3-2-8-24-14)9-18-17-19-10-20-21(15)17/h2-10H,1H3. The van der Waals surface area contributed by atoms with Gasteiger partial charge in [0.2, 0.25) is 5.78 Å². The number of carbonyl (C=O) groups excluding carboxylic acids is 1. The van der Waals surface area contributed by atoms with Gasteiger partial charge < -0.3 is 4.74 Å². The molecule has 3 heterocycles. The third-order valence-electron chi connectivity index (χ3n) is 3.66. The van der Waals surface area contributed by atoms with Gasteiger partial charge in [0, 0.05) is 11.8 Å². The van der Waals surface area contributed by atoms with Gasteiger partial charge in [0.1, 0.15) is 12.1 Å². The van der Waals surface area contributed by atoms with Gasteiger partial charge in [-0.15, -0.1) is 11.3 Å². The lowest BCUT2D eigenvalue weighted by molar-refractivity contribution is 0.104. The third kappa shape index (κ3) is 2.35. The number of aromatic nitrogens is 4. The molecule has 0 saturated carbocycles. The van der Waals surface area contributed by atoms with E-state index in [0.717, 1.165) is 11.3 Å². The zero-order valence-electron chi connectivity index (χ0n) is 12.7. The first-order chi connectivity index (χ1) is 11.8. The highest BCUT2D eigenvalue weighted by molar-refractivity contribution is 7.12. The number of ketones is 1. The molecule has 0 saturated heterocycles. The van der Waals surface area contributed by atoms with E-state index in [4.69, 9.17) is 4.74 Å². The van der Waals surface area contributed by atoms with Crippen molar-refractivity contribution in [2.24, 2.45) is 0 Å². The summed E-state index contributed by atoms with van der Waals surface area (Å²) in [4.78, 5) is 21.9. The second kappa shape index (κ2) is 5.86. The topological polar surface area (TPSA) is 69.4 Å². The van der Waals surface area contributed by atoms with Crippen LogP contribution in [0.1, 0.15) is 15.2 Å². The molecule has 0 N–H and O–H groups in total. The van der Waals surface area contributed by atoms with Crippen molar-refractivity contribution >= 4 is 22.9 Å². The molecule has 0 aliphatic carbocycles. The van der Waals surface area contributed by atoms with Gasteiger partial charge in [0.15, 0.2) is 0 Å². The smallest absolute Gasteiger partial charge is 0.252 e. The van der Waals surface area contributed by atoms with Crippen molar-refractivity contribution in [3.63, 3.8) is 0 Å². The Bertz CT molecular complexity index is 1010. The van der Waals surface area contributed by atoms with E-state index in [1.807, 2.05) is 35.7 Å². The molecule has 0 amide bonds. The Morgan fingerprint density at radius 1 is 1.17 bits per heavy atom. The number of rotatable bonds is 4. The monoisotopic (exact) mass is 336 g/mol. The van der Waals surface area contributed by atoms with E-state index in [1.54, 1.807) is 23.9 Å². The Hall–Kier alpha value is -3.06. The van der Waals surface area contributed by atoms with Gasteiger partial charge in [0.25, 0.3) is 5.78 Å². The number of benzene rings is 1. The maximum absolute atomic E-state index is 12.9. The Morgan fingerprint density at radius 2 is 2.00 bits per heavy atom. The number of carbonyl (C=O) groups is 1. The van der Waals surface area contributed by atoms with E-state index in [1.165, 1.54) is 17.7 Å². The highest BCUT2D eigenvalue weighted by Gasteiger charge is 2.20. The minimum absolute atomic E-state index is 0.0827. The van der Waals surface area contributed by atoms with Crippen molar-refractivity contribution in [1.82, 2.24) is 19.6 Å². The molecule has 0 radical (unpaired) electrons. The van der Waals surface area contributed by atoms with Crippen LogP contribution in [0.15, 0.2) is 54.3 Å². The predicted octanol–water partition coefficient (Wildman–Crippen LogP) is 3.09. The van der Waals surface area contributed by atoms with Crippen LogP contribution in [0.5, 0.6) is 5.75 Å². The number of fused-ring (bicyclic) bond motifs is 1. The number of hydrogen-bond acceptors (Lipinski definition) is 6. The van der Waals surface area contributed by atoms with Gasteiger partial charge in [-0.3, -0.25) is 4.79 Å². The quantitative estimate of drug-likeness (QED) is 0.536. The van der Waals surface area contributed by atoms with Crippen molar-refractivity contribution in [3.05, 3.63) is 64.7 Å². The lowest BCUT2D eigenvalue weighted by Gasteiger charge is -2.10. The molecule has 0 spiro atoms. The molecular formula is C17H12N4O2S. The number of hydrogen-bond donors (Lipinski definition) is 0. The average Bonchev–Trinajstić information content (AvgIpc) is 3.31. The zero-order valence-corrected chi connectivity index (χ0v) is 13.5. The van der Waals surface area contributed by atoms with Crippen LogP contribution in [0, 0.1) is 0 Å². The average molecular weight is 336 g/mol. The predicted molar refractivity (Wildman–Crippen MR) is 90.5 cm³/mol. The summed E-state index contributed by atoms with van der Waals surface area (Å²) in [6.45, 7) is 0. The molecule has 0 aliphatic heterocycles. The number of methoxy groups -OCH3 is 1. The van der Waals surface area contributed by atoms with Crippen molar-refractivity contribution in [3.8, 4) is 17.0 Å². The molecule has 3 aromatic heterocycles. The molecule has 4 rings (SSSR count). The van der Waals surface area contributed by atoms with Crippen LogP contribution in [0.3, 0.4) is 0 Å². The molecule has 0 fully saturated rings. The molecule has 6 nitrogen and oxygen atoms in total. The van der Waals surface area contributed by atoms with Crippen LogP contribution in [0.2, 0.25) is 0 Å². The molecule has 0 atom stereocenters. The molecule has 24 heavy (non-hydrogen) atoms. The lowest BCUT2D eigenvalue weighted by Crippen LogP contribution is -2.08. The van der Waals surface area contributed by atoms with Crippen molar-refractivity contribution in [1.29, 1.82) is 0 Å². The molecular weight excluding hydrogens is 324 g/mol. The van der Waals surface area contributed by atoms with Gasteiger partial charge in [0.05, 0.1) is 23.2 Å². The van der Waals surface area contributed by atoms with E-state index in [-0.39, 0.29) is 5.78 Å². The summed E-state index contributed by atoms with van der Waals surface area (Å²) in [5, 5.41) is 6.10. The van der Waals surface area contributed by atoms with Crippen LogP contribution < -0.4 is 4.74 Å². The number of thiophene rings is 1. The zero-order chi connectivity index (χ0) is 16.5. The lowest BCUT2D eigenvalue weighted by atomic mass is 10.0. The van der Waals surface area contributed by atoms with E-state index >= 15 is 0 Å². The van der Waals surface area contributed by atoms with Crippen molar-refractivity contribution < 1.29 is 9.53 Å². The minimum atomic E-state index is -0.0827. The summed E-state index contributed by atoms with van der Waals surface area (Å²) >= 11 is 1.40. The van der Waals surface area contributed by atoms with Gasteiger partial charge in [-0.05, 0) is 35.7 Å². The van der Waals surface area contributed by atoms with Gasteiger partial charge >= 0.3 is 0 Å². The van der Waals surface area contributed by atoms with E-state index in [0.29, 0.717) is 21.9 Å². The van der Waals surface area contributed by atoms with Crippen LogP contribution in [-0.4, -0.2) is 32.5 Å². The second-order valence-electron chi connectivity index (χ2n) is 5.03. The Balaban J connectivity index is 1.95. The highest BCUT2D eigenvalue weighted by Crippen LogP contribution is 2.28. The Labute approximate surface area is 141 Å². The summed E-state index contributed by atoms with van der Waals surface area (Å²) in [6, 6.07) is 11.1. The fraction of sp³-hybridized carbons (Fsp3) is 0.0588. The Morgan fingerprint density at radius 3 is 2.71 bits per heavy atom. The summed E-state index contributed by atoms with van der Waals surface area (Å²) in [5.74, 6) is 1.11. The summed E-state index contributed by atoms with van der Waals surface area (Å²) in [7, 11) is 1.61. The maximum atomic E-state index is 12.9.